The molecule has 70 valence electrons. The molecule has 1 aromatic carbocycles. The molecule has 0 unspecified atom stereocenters. The van der Waals surface area contributed by atoms with Crippen molar-refractivity contribution in [1.82, 2.24) is 0 Å². The van der Waals surface area contributed by atoms with Gasteiger partial charge in [0, 0.05) is 0 Å². The zero-order valence-electron chi connectivity index (χ0n) is 6.70. The molecular weight excluding hydrogens is 216 g/mol. The molecule has 0 fully saturated rings. The first-order valence-corrected chi connectivity index (χ1v) is 4.18. The normalized spacial score (nSPS) is 9.85. The molecule has 13 heavy (non-hydrogen) atoms. The summed E-state index contributed by atoms with van der Waals surface area (Å²) >= 11 is 10.8. The lowest BCUT2D eigenvalue weighted by molar-refractivity contribution is 0.269. The Hall–Kier alpha value is -0.800. The van der Waals surface area contributed by atoms with Gasteiger partial charge in [-0.1, -0.05) is 11.6 Å². The Balaban J connectivity index is 3.08. The fourth-order valence-electron chi connectivity index (χ4n) is 0.848. The summed E-state index contributed by atoms with van der Waals surface area (Å²) in [5, 5.41) is 1.65. The Bertz CT molecular complexity index is 354. The minimum absolute atomic E-state index is 0.171. The van der Waals surface area contributed by atoms with Crippen molar-refractivity contribution >= 4 is 34.3 Å². The first-order chi connectivity index (χ1) is 6.00. The van der Waals surface area contributed by atoms with E-state index in [0.717, 1.165) is 6.07 Å². The molecule has 0 aliphatic heterocycles. The molecule has 0 aliphatic carbocycles. The molecule has 0 aromatic heterocycles. The van der Waals surface area contributed by atoms with Crippen LogP contribution in [0.15, 0.2) is 12.1 Å². The van der Waals surface area contributed by atoms with Gasteiger partial charge in [-0.05, 0) is 36.2 Å². The maximum Gasteiger partial charge on any atom is 0.318 e. The van der Waals surface area contributed by atoms with Crippen LogP contribution in [0, 0.1) is 12.7 Å². The average molecular weight is 222 g/mol. The molecule has 0 bridgehead atoms. The van der Waals surface area contributed by atoms with E-state index in [0.29, 0.717) is 5.56 Å². The molecule has 0 atom stereocenters. The second kappa shape index (κ2) is 3.94. The second-order valence-electron chi connectivity index (χ2n) is 2.48. The van der Waals surface area contributed by atoms with Gasteiger partial charge in [0.25, 0.3) is 0 Å². The van der Waals surface area contributed by atoms with Crippen LogP contribution >= 0.6 is 23.2 Å². The number of hydrogen-bond donors (Lipinski definition) is 1. The monoisotopic (exact) mass is 221 g/mol. The molecule has 1 amide bonds. The van der Waals surface area contributed by atoms with Crippen LogP contribution in [0.2, 0.25) is 5.02 Å². The molecule has 1 aromatic rings. The van der Waals surface area contributed by atoms with Crippen molar-refractivity contribution in [3.8, 4) is 0 Å². The topological polar surface area (TPSA) is 29.1 Å². The van der Waals surface area contributed by atoms with Crippen LogP contribution in [-0.2, 0) is 0 Å². The Morgan fingerprint density at radius 3 is 2.69 bits per heavy atom. The molecular formula is C8H6Cl2FNO. The van der Waals surface area contributed by atoms with Crippen molar-refractivity contribution < 1.29 is 9.18 Å². The van der Waals surface area contributed by atoms with Gasteiger partial charge in [0.15, 0.2) is 0 Å². The van der Waals surface area contributed by atoms with Gasteiger partial charge in [0.1, 0.15) is 5.82 Å². The predicted octanol–water partition coefficient (Wildman–Crippen LogP) is 3.56. The molecule has 0 heterocycles. The van der Waals surface area contributed by atoms with Crippen LogP contribution in [0.25, 0.3) is 0 Å². The van der Waals surface area contributed by atoms with Gasteiger partial charge in [-0.25, -0.2) is 4.39 Å². The molecule has 0 spiro atoms. The number of amides is 1. The summed E-state index contributed by atoms with van der Waals surface area (Å²) in [6.45, 7) is 1.58. The van der Waals surface area contributed by atoms with Crippen molar-refractivity contribution in [3.63, 3.8) is 0 Å². The van der Waals surface area contributed by atoms with Crippen molar-refractivity contribution in [3.05, 3.63) is 28.5 Å². The molecule has 0 saturated heterocycles. The smallest absolute Gasteiger partial charge is 0.311 e. The summed E-state index contributed by atoms with van der Waals surface area (Å²) in [5.74, 6) is -0.440. The van der Waals surface area contributed by atoms with E-state index in [9.17, 15) is 9.18 Å². The Labute approximate surface area is 84.6 Å². The SMILES string of the molecule is Cc1cc(Cl)c(NC(=O)Cl)cc1F. The van der Waals surface area contributed by atoms with Gasteiger partial charge in [0.05, 0.1) is 10.7 Å². The molecule has 5 heteroatoms. The first kappa shape index (κ1) is 10.3. The largest absolute Gasteiger partial charge is 0.318 e. The summed E-state index contributed by atoms with van der Waals surface area (Å²) in [6, 6.07) is 2.54. The van der Waals surface area contributed by atoms with Crippen molar-refractivity contribution in [2.45, 2.75) is 6.92 Å². The number of halogens is 3. The number of nitrogens with one attached hydrogen (secondary N) is 1. The second-order valence-corrected chi connectivity index (χ2v) is 3.23. The van der Waals surface area contributed by atoms with Crippen LogP contribution in [0.5, 0.6) is 0 Å². The highest BCUT2D eigenvalue weighted by molar-refractivity contribution is 6.66. The lowest BCUT2D eigenvalue weighted by atomic mass is 10.2. The number of rotatable bonds is 1. The van der Waals surface area contributed by atoms with Crippen LogP contribution < -0.4 is 5.32 Å². The van der Waals surface area contributed by atoms with Crippen LogP contribution in [0.4, 0.5) is 14.9 Å². The number of benzene rings is 1. The maximum atomic E-state index is 13.0. The van der Waals surface area contributed by atoms with E-state index in [1.54, 1.807) is 6.92 Å². The molecule has 1 rings (SSSR count). The quantitative estimate of drug-likeness (QED) is 0.571. The van der Waals surface area contributed by atoms with E-state index in [-0.39, 0.29) is 10.7 Å². The van der Waals surface area contributed by atoms with Crippen molar-refractivity contribution in [2.24, 2.45) is 0 Å². The highest BCUT2D eigenvalue weighted by Crippen LogP contribution is 2.25. The third-order valence-electron chi connectivity index (χ3n) is 1.48. The van der Waals surface area contributed by atoms with E-state index in [2.05, 4.69) is 5.32 Å². The number of carbonyl (C=O) groups is 1. The van der Waals surface area contributed by atoms with E-state index in [4.69, 9.17) is 23.2 Å². The molecule has 0 saturated carbocycles. The number of anilines is 1. The van der Waals surface area contributed by atoms with Crippen molar-refractivity contribution in [1.29, 1.82) is 0 Å². The summed E-state index contributed by atoms with van der Waals surface area (Å²) in [7, 11) is 0. The fraction of sp³-hybridized carbons (Fsp3) is 0.125. The van der Waals surface area contributed by atoms with E-state index in [1.165, 1.54) is 6.07 Å². The number of hydrogen-bond acceptors (Lipinski definition) is 1. The zero-order chi connectivity index (χ0) is 10.0. The van der Waals surface area contributed by atoms with Crippen LogP contribution in [0.3, 0.4) is 0 Å². The molecule has 1 N–H and O–H groups in total. The van der Waals surface area contributed by atoms with Gasteiger partial charge in [0.2, 0.25) is 0 Å². The summed E-state index contributed by atoms with van der Waals surface area (Å²) in [5.41, 5.74) is 0.585. The van der Waals surface area contributed by atoms with Gasteiger partial charge in [-0.15, -0.1) is 0 Å². The molecule has 0 radical (unpaired) electrons. The summed E-state index contributed by atoms with van der Waals surface area (Å²) < 4.78 is 13.0. The minimum atomic E-state index is -0.801. The number of carbonyl (C=O) groups excluding carboxylic acids is 1. The first-order valence-electron chi connectivity index (χ1n) is 3.43. The predicted molar refractivity (Wildman–Crippen MR) is 51.0 cm³/mol. The molecule has 0 aliphatic rings. The highest BCUT2D eigenvalue weighted by Gasteiger charge is 2.07. The van der Waals surface area contributed by atoms with Crippen LogP contribution in [-0.4, -0.2) is 5.37 Å². The van der Waals surface area contributed by atoms with Gasteiger partial charge >= 0.3 is 5.37 Å². The van der Waals surface area contributed by atoms with E-state index < -0.39 is 11.2 Å². The van der Waals surface area contributed by atoms with Crippen molar-refractivity contribution in [2.75, 3.05) is 5.32 Å². The standard InChI is InChI=1S/C8H6Cl2FNO/c1-4-2-5(9)7(3-6(4)11)12-8(10)13/h2-3H,1H3,(H,12,13). The lowest BCUT2D eigenvalue weighted by Crippen LogP contribution is -2.02. The number of aryl methyl sites for hydroxylation is 1. The summed E-state index contributed by atoms with van der Waals surface area (Å²) in [4.78, 5) is 10.4. The Morgan fingerprint density at radius 2 is 2.15 bits per heavy atom. The third-order valence-corrected chi connectivity index (χ3v) is 1.89. The van der Waals surface area contributed by atoms with Gasteiger partial charge in [-0.3, -0.25) is 4.79 Å². The summed E-state index contributed by atoms with van der Waals surface area (Å²) in [6.07, 6.45) is 0. The average Bonchev–Trinajstić information content (AvgIpc) is 1.99. The van der Waals surface area contributed by atoms with Crippen LogP contribution in [0.1, 0.15) is 5.56 Å². The zero-order valence-corrected chi connectivity index (χ0v) is 8.21. The Kier molecular flexibility index (Phi) is 3.12. The highest BCUT2D eigenvalue weighted by atomic mass is 35.5. The van der Waals surface area contributed by atoms with Gasteiger partial charge in [-0.2, -0.15) is 0 Å². The minimum Gasteiger partial charge on any atom is -0.311 e. The van der Waals surface area contributed by atoms with Gasteiger partial charge < -0.3 is 5.32 Å². The lowest BCUT2D eigenvalue weighted by Gasteiger charge is -2.05. The van der Waals surface area contributed by atoms with E-state index in [1.807, 2.05) is 0 Å². The molecule has 2 nitrogen and oxygen atoms in total. The Morgan fingerprint density at radius 1 is 1.54 bits per heavy atom. The maximum absolute atomic E-state index is 13.0. The van der Waals surface area contributed by atoms with E-state index >= 15 is 0 Å². The third kappa shape index (κ3) is 2.57. The fourth-order valence-corrected chi connectivity index (χ4v) is 1.22.